The van der Waals surface area contributed by atoms with Gasteiger partial charge < -0.3 is 15.4 Å². The van der Waals surface area contributed by atoms with E-state index in [0.29, 0.717) is 6.61 Å². The van der Waals surface area contributed by atoms with Gasteiger partial charge in [-0.05, 0) is 55.3 Å². The molecule has 5 nitrogen and oxygen atoms in total. The van der Waals surface area contributed by atoms with Crippen molar-refractivity contribution < 1.29 is 4.74 Å². The van der Waals surface area contributed by atoms with Gasteiger partial charge in [0.2, 0.25) is 0 Å². The molecule has 2 heterocycles. The minimum Gasteiger partial charge on any atom is -0.493 e. The van der Waals surface area contributed by atoms with Gasteiger partial charge >= 0.3 is 0 Å². The highest BCUT2D eigenvalue weighted by molar-refractivity contribution is 5.94. The smallest absolute Gasteiger partial charge is 0.196 e. The molecule has 2 aromatic carbocycles. The van der Waals surface area contributed by atoms with Gasteiger partial charge in [0.05, 0.1) is 12.6 Å². The molecule has 2 aromatic rings. The predicted octanol–water partition coefficient (Wildman–Crippen LogP) is 3.96. The Kier molecular flexibility index (Phi) is 5.92. The van der Waals surface area contributed by atoms with Gasteiger partial charge in [-0.1, -0.05) is 36.4 Å². The average Bonchev–Trinajstić information content (AvgIpc) is 2.71. The van der Waals surface area contributed by atoms with E-state index in [0.717, 1.165) is 49.9 Å². The monoisotopic (exact) mass is 376 g/mol. The van der Waals surface area contributed by atoms with Gasteiger partial charge in [0, 0.05) is 25.3 Å². The maximum absolute atomic E-state index is 5.95. The summed E-state index contributed by atoms with van der Waals surface area (Å²) in [4.78, 5) is 6.93. The minimum atomic E-state index is 0.233. The van der Waals surface area contributed by atoms with Crippen LogP contribution in [-0.4, -0.2) is 37.6 Å². The lowest BCUT2D eigenvalue weighted by molar-refractivity contribution is 0.323. The van der Waals surface area contributed by atoms with Crippen LogP contribution < -0.4 is 15.4 Å². The molecule has 0 amide bonds. The van der Waals surface area contributed by atoms with Crippen molar-refractivity contribution in [3.05, 3.63) is 71.8 Å². The highest BCUT2D eigenvalue weighted by atomic mass is 16.5. The van der Waals surface area contributed by atoms with Crippen LogP contribution in [-0.2, 0) is 6.54 Å². The number of nitrogens with one attached hydrogen (secondary N) is 2. The molecule has 2 N–H and O–H groups in total. The fourth-order valence-electron chi connectivity index (χ4n) is 3.61. The van der Waals surface area contributed by atoms with Gasteiger partial charge in [-0.2, -0.15) is 0 Å². The lowest BCUT2D eigenvalue weighted by atomic mass is 10.0. The number of rotatable bonds is 0. The molecule has 0 aromatic heterocycles. The second-order valence-electron chi connectivity index (χ2n) is 7.42. The van der Waals surface area contributed by atoms with E-state index in [1.807, 2.05) is 6.07 Å². The third kappa shape index (κ3) is 4.93. The van der Waals surface area contributed by atoms with Gasteiger partial charge in [-0.15, -0.1) is 0 Å². The zero-order valence-electron chi connectivity index (χ0n) is 16.4. The normalized spacial score (nSPS) is 21.8. The number of hydrogen-bond acceptors (Lipinski definition) is 5. The number of anilines is 1. The molecule has 1 atom stereocenters. The Balaban J connectivity index is 1.58. The molecule has 2 aliphatic rings. The topological polar surface area (TPSA) is 48.9 Å². The van der Waals surface area contributed by atoms with Crippen molar-refractivity contribution in [2.24, 2.45) is 4.99 Å². The summed E-state index contributed by atoms with van der Waals surface area (Å²) in [5, 5.41) is 7.00. The third-order valence-electron chi connectivity index (χ3n) is 5.04. The molecule has 0 aliphatic carbocycles. The quantitative estimate of drug-likeness (QED) is 0.684. The van der Waals surface area contributed by atoms with E-state index in [-0.39, 0.29) is 6.04 Å². The molecule has 1 unspecified atom stereocenters. The molecule has 0 fully saturated rings. The highest BCUT2D eigenvalue weighted by Crippen LogP contribution is 2.24. The Hall–Kier alpha value is -2.79. The Labute approximate surface area is 167 Å². The summed E-state index contributed by atoms with van der Waals surface area (Å²) in [7, 11) is 2.14. The standard InChI is InChI=1S/C23H28N4O/c1-27-13-3-2-4-14-28-21-10-6-8-19(16-21)22-11-12-24-23(26-22)25-20-9-5-7-18(15-20)17-27/h2-3,5-10,15-16,22H,4,11-14,17H2,1H3,(H2,24,25,26)/b3-2-. The number of guanidine groups is 1. The zero-order valence-corrected chi connectivity index (χ0v) is 16.4. The lowest BCUT2D eigenvalue weighted by Crippen LogP contribution is -2.38. The van der Waals surface area contributed by atoms with Crippen LogP contribution in [0, 0.1) is 0 Å². The first-order valence-corrected chi connectivity index (χ1v) is 9.99. The molecule has 0 saturated heterocycles. The molecule has 0 radical (unpaired) electrons. The van der Waals surface area contributed by atoms with Crippen LogP contribution in [0.4, 0.5) is 5.69 Å². The van der Waals surface area contributed by atoms with E-state index in [1.54, 1.807) is 0 Å². The average molecular weight is 377 g/mol. The number of benzene rings is 2. The summed E-state index contributed by atoms with van der Waals surface area (Å²) in [5.74, 6) is 1.76. The van der Waals surface area contributed by atoms with Crippen LogP contribution in [0.15, 0.2) is 65.7 Å². The summed E-state index contributed by atoms with van der Waals surface area (Å²) >= 11 is 0. The molecule has 0 spiro atoms. The third-order valence-corrected chi connectivity index (χ3v) is 5.04. The Morgan fingerprint density at radius 2 is 2.04 bits per heavy atom. The van der Waals surface area contributed by atoms with Gasteiger partial charge in [0.1, 0.15) is 5.75 Å². The second-order valence-corrected chi connectivity index (χ2v) is 7.42. The van der Waals surface area contributed by atoms with Crippen LogP contribution in [0.1, 0.15) is 30.0 Å². The first-order valence-electron chi connectivity index (χ1n) is 9.99. The first-order chi connectivity index (χ1) is 13.8. The molecule has 5 heteroatoms. The van der Waals surface area contributed by atoms with E-state index in [4.69, 9.17) is 4.74 Å². The Morgan fingerprint density at radius 3 is 3.00 bits per heavy atom. The SMILES string of the molecule is CN1C/C=C\CCOc2cccc(c2)C2CCN=C(Nc3cccc(c3)C1)N2. The fraction of sp³-hybridized carbons (Fsp3) is 0.348. The minimum absolute atomic E-state index is 0.233. The van der Waals surface area contributed by atoms with Gasteiger partial charge in [-0.25, -0.2) is 0 Å². The number of hydrogen-bond donors (Lipinski definition) is 2. The van der Waals surface area contributed by atoms with Crippen molar-refractivity contribution in [2.45, 2.75) is 25.4 Å². The van der Waals surface area contributed by atoms with Crippen LogP contribution in [0.3, 0.4) is 0 Å². The molecule has 0 saturated carbocycles. The van der Waals surface area contributed by atoms with Crippen LogP contribution in [0.25, 0.3) is 0 Å². The summed E-state index contributed by atoms with van der Waals surface area (Å²) in [5.41, 5.74) is 3.58. The predicted molar refractivity (Wildman–Crippen MR) is 115 cm³/mol. The molecule has 146 valence electrons. The maximum atomic E-state index is 5.95. The van der Waals surface area contributed by atoms with Crippen LogP contribution in [0.5, 0.6) is 5.75 Å². The summed E-state index contributed by atoms with van der Waals surface area (Å²) < 4.78 is 5.95. The number of nitrogens with zero attached hydrogens (tertiary/aromatic N) is 2. The Bertz CT molecular complexity index is 861. The molecular formula is C23H28N4O. The summed E-state index contributed by atoms with van der Waals surface area (Å²) in [6.45, 7) is 3.32. The Morgan fingerprint density at radius 1 is 1.11 bits per heavy atom. The van der Waals surface area contributed by atoms with Gasteiger partial charge in [-0.3, -0.25) is 9.89 Å². The second kappa shape index (κ2) is 8.93. The fourth-order valence-corrected chi connectivity index (χ4v) is 3.61. The highest BCUT2D eigenvalue weighted by Gasteiger charge is 2.18. The van der Waals surface area contributed by atoms with Gasteiger partial charge in [0.15, 0.2) is 5.96 Å². The van der Waals surface area contributed by atoms with E-state index in [9.17, 15) is 0 Å². The summed E-state index contributed by atoms with van der Waals surface area (Å²) in [6.07, 6.45) is 6.30. The maximum Gasteiger partial charge on any atom is 0.196 e. The number of fused-ring (bicyclic) bond motifs is 7. The van der Waals surface area contributed by atoms with Gasteiger partial charge in [0.25, 0.3) is 0 Å². The summed E-state index contributed by atoms with van der Waals surface area (Å²) in [6, 6.07) is 17.2. The molecular weight excluding hydrogens is 348 g/mol. The van der Waals surface area contributed by atoms with Crippen LogP contribution >= 0.6 is 0 Å². The van der Waals surface area contributed by atoms with Crippen LogP contribution in [0.2, 0.25) is 0 Å². The van der Waals surface area contributed by atoms with E-state index in [1.165, 1.54) is 11.1 Å². The van der Waals surface area contributed by atoms with E-state index >= 15 is 0 Å². The van der Waals surface area contributed by atoms with Crippen molar-refractivity contribution in [3.63, 3.8) is 0 Å². The molecule has 2 aliphatic heterocycles. The van der Waals surface area contributed by atoms with Crippen molar-refractivity contribution in [3.8, 4) is 5.75 Å². The van der Waals surface area contributed by atoms with Crippen molar-refractivity contribution in [1.82, 2.24) is 10.2 Å². The molecule has 28 heavy (non-hydrogen) atoms. The first kappa shape index (κ1) is 18.6. The molecule has 6 bridgehead atoms. The largest absolute Gasteiger partial charge is 0.493 e. The molecule has 4 rings (SSSR count). The zero-order chi connectivity index (χ0) is 19.2. The lowest BCUT2D eigenvalue weighted by Gasteiger charge is -2.26. The number of aliphatic imine (C=N–C) groups is 1. The number of ether oxygens (including phenoxy) is 1. The van der Waals surface area contributed by atoms with E-state index < -0.39 is 0 Å². The van der Waals surface area contributed by atoms with Crippen molar-refractivity contribution in [2.75, 3.05) is 32.1 Å². The van der Waals surface area contributed by atoms with E-state index in [2.05, 4.69) is 82.2 Å². The van der Waals surface area contributed by atoms with Crippen molar-refractivity contribution in [1.29, 1.82) is 0 Å². The number of likely N-dealkylation sites (N-methyl/N-ethyl adjacent to an activating group) is 1. The van der Waals surface area contributed by atoms with Crippen molar-refractivity contribution >= 4 is 11.6 Å².